The van der Waals surface area contributed by atoms with Gasteiger partial charge in [-0.15, -0.1) is 0 Å². The van der Waals surface area contributed by atoms with Crippen LogP contribution in [0, 0.1) is 135 Å². The van der Waals surface area contributed by atoms with Crippen molar-refractivity contribution in [3.8, 4) is 0 Å². The van der Waals surface area contributed by atoms with Crippen molar-refractivity contribution in [3.05, 3.63) is 0 Å². The Balaban J connectivity index is -0.000000166. The number of carbonyl (C=O) groups is 9. The van der Waals surface area contributed by atoms with Crippen LogP contribution in [0.4, 0.5) is 0 Å². The molecule has 0 aliphatic rings. The minimum Gasteiger partial charge on any atom is -0.481 e. The molecular weight excluding hydrogens is 2100 g/mol. The van der Waals surface area contributed by atoms with Gasteiger partial charge in [0.15, 0.2) is 88.5 Å². The monoisotopic (exact) mass is 2280 g/mol. The van der Waals surface area contributed by atoms with Gasteiger partial charge in [-0.1, -0.05) is 125 Å². The normalized spacial score (nSPS) is 14.4. The summed E-state index contributed by atoms with van der Waals surface area (Å²) in [4.78, 5) is 94.6. The van der Waals surface area contributed by atoms with Crippen LogP contribution in [0.3, 0.4) is 0 Å². The molecule has 0 aliphatic carbocycles. The van der Waals surface area contributed by atoms with Gasteiger partial charge in [-0.2, -0.15) is 0 Å². The Kier molecular flexibility index (Phi) is 80.1. The molecule has 9 unspecified atom stereocenters. The summed E-state index contributed by atoms with van der Waals surface area (Å²) in [5.74, 6) is -10.2. The van der Waals surface area contributed by atoms with E-state index in [0.29, 0.717) is 0 Å². The van der Waals surface area contributed by atoms with E-state index in [1.807, 2.05) is 111 Å². The zero-order chi connectivity index (χ0) is 110. The van der Waals surface area contributed by atoms with Crippen molar-refractivity contribution in [1.82, 2.24) is 0 Å². The minimum absolute atomic E-state index is 0. The standard InChI is InChI=1S/C15H30O6S2.7C10H20O4S.C5H10O2.Gd/c1-10(2)14(23(20,21)12(5)6)9-13(7-8-15(16)17)22(18,19)11(3)4;7*1-7(2)9(5-10(11)12)6-15(13,14)8(3)4;1-4(2)3-5(6)7;/h10-14H,7-9H2,1-6H3,(H,16,17);7*7-9H,5-6H2,1-4H3,(H,11,12);4H,3H2,1-2H3,(H,6,7);. The number of hydrogen-bond donors (Lipinski definition) is 9. The van der Waals surface area contributed by atoms with Gasteiger partial charge in [0.2, 0.25) is 0 Å². The Hall–Kier alpha value is -3.90. The van der Waals surface area contributed by atoms with E-state index in [-0.39, 0.29) is 246 Å². The molecule has 136 heavy (non-hydrogen) atoms. The molecule has 0 aromatic heterocycles. The third-order valence-electron chi connectivity index (χ3n) is 22.5. The second kappa shape index (κ2) is 71.6. The molecule has 36 nitrogen and oxygen atoms in total. The van der Waals surface area contributed by atoms with E-state index in [0.717, 1.165) is 0 Å². The molecule has 0 spiro atoms. The Morgan fingerprint density at radius 2 is 0.331 bits per heavy atom. The number of carboxylic acid groups (broad SMARTS) is 9. The SMILES string of the molecule is CC(C)C(CC(=O)O)CS(=O)(=O)C(C)C.CC(C)C(CC(=O)O)CS(=O)(=O)C(C)C.CC(C)C(CC(=O)O)CS(=O)(=O)C(C)C.CC(C)C(CC(=O)O)CS(=O)(=O)C(C)C.CC(C)C(CC(=O)O)CS(=O)(=O)C(C)C.CC(C)C(CC(=O)O)CS(=O)(=O)C(C)C.CC(C)C(CC(=O)O)CS(=O)(=O)C(C)C.CC(C)C(CC(CCC(=O)O)S(=O)(=O)C(C)C)S(=O)(=O)C(C)C.CC(C)CC(=O)O.[Gd]. The van der Waals surface area contributed by atoms with Crippen molar-refractivity contribution in [1.29, 1.82) is 0 Å². The maximum absolute atomic E-state index is 12.5. The summed E-state index contributed by atoms with van der Waals surface area (Å²) < 4.78 is 213. The molecule has 0 fully saturated rings. The molecule has 0 radical (unpaired) electrons. The summed E-state index contributed by atoms with van der Waals surface area (Å²) in [5, 5.41) is 71.6. The van der Waals surface area contributed by atoms with Crippen molar-refractivity contribution in [3.63, 3.8) is 0 Å². The van der Waals surface area contributed by atoms with Crippen molar-refractivity contribution < 1.29 is 205 Å². The fourth-order valence-electron chi connectivity index (χ4n) is 11.2. The number of aliphatic carboxylic acids is 9. The van der Waals surface area contributed by atoms with E-state index in [9.17, 15) is 119 Å². The Bertz CT molecular complexity index is 3940. The zero-order valence-electron chi connectivity index (χ0n) is 87.9. The number of rotatable bonds is 54. The average Bonchev–Trinajstić information content (AvgIpc) is 0.798. The van der Waals surface area contributed by atoms with Gasteiger partial charge in [0.25, 0.3) is 0 Å². The van der Waals surface area contributed by atoms with E-state index in [4.69, 9.17) is 46.0 Å². The van der Waals surface area contributed by atoms with Crippen molar-refractivity contribution in [2.45, 2.75) is 378 Å². The van der Waals surface area contributed by atoms with Gasteiger partial charge in [0.05, 0.1) is 98.0 Å². The van der Waals surface area contributed by atoms with Crippen LogP contribution in [0.15, 0.2) is 0 Å². The van der Waals surface area contributed by atoms with Crippen LogP contribution in [0.2, 0.25) is 0 Å². The summed E-state index contributed by atoms with van der Waals surface area (Å²) in [5.41, 5.74) is 0. The molecule has 0 rings (SSSR count). The van der Waals surface area contributed by atoms with E-state index in [1.54, 1.807) is 125 Å². The molecular formula is C90H180GdO36S9. The van der Waals surface area contributed by atoms with Crippen LogP contribution < -0.4 is 0 Å². The van der Waals surface area contributed by atoms with Gasteiger partial charge >= 0.3 is 53.7 Å². The Morgan fingerprint density at radius 1 is 0.191 bits per heavy atom. The van der Waals surface area contributed by atoms with Gasteiger partial charge in [-0.3, -0.25) is 43.2 Å². The third kappa shape index (κ3) is 74.9. The van der Waals surface area contributed by atoms with Gasteiger partial charge in [0.1, 0.15) is 0 Å². The fourth-order valence-corrected chi connectivity index (χ4v) is 25.4. The first kappa shape index (κ1) is 152. The molecule has 9 N–H and O–H groups in total. The van der Waals surface area contributed by atoms with E-state index in [2.05, 4.69) is 0 Å². The molecule has 0 amide bonds. The summed E-state index contributed by atoms with van der Waals surface area (Å²) in [6, 6.07) is 0. The van der Waals surface area contributed by atoms with Crippen LogP contribution in [0.1, 0.15) is 320 Å². The smallest absolute Gasteiger partial charge is 0.303 e. The predicted octanol–water partition coefficient (Wildman–Crippen LogP) is 14.3. The maximum atomic E-state index is 12.5. The molecule has 0 aromatic carbocycles. The Morgan fingerprint density at radius 3 is 0.412 bits per heavy atom. The molecule has 0 saturated carbocycles. The average molecular weight is 2280 g/mol. The van der Waals surface area contributed by atoms with Crippen LogP contribution in [0.5, 0.6) is 0 Å². The maximum Gasteiger partial charge on any atom is 0.303 e. The fraction of sp³-hybridized carbons (Fsp3) is 0.900. The minimum atomic E-state index is -3.58. The van der Waals surface area contributed by atoms with Crippen LogP contribution in [-0.4, -0.2) is 273 Å². The first-order valence-corrected chi connectivity index (χ1v) is 61.2. The van der Waals surface area contributed by atoms with E-state index in [1.165, 1.54) is 13.8 Å². The zero-order valence-corrected chi connectivity index (χ0v) is 97.5. The summed E-state index contributed by atoms with van der Waals surface area (Å²) in [7, 11) is -29.1. The summed E-state index contributed by atoms with van der Waals surface area (Å²) in [6.07, 6.45) is -0.681. The molecule has 46 heteroatoms. The van der Waals surface area contributed by atoms with E-state index >= 15 is 0 Å². The topological polar surface area (TPSA) is 643 Å². The van der Waals surface area contributed by atoms with Gasteiger partial charge < -0.3 is 46.0 Å². The molecule has 818 valence electrons. The first-order valence-electron chi connectivity index (χ1n) is 45.9. The molecule has 0 aromatic rings. The van der Waals surface area contributed by atoms with Crippen molar-refractivity contribution in [2.24, 2.45) is 94.7 Å². The summed E-state index contributed by atoms with van der Waals surface area (Å²) >= 11 is 0. The van der Waals surface area contributed by atoms with Crippen LogP contribution >= 0.6 is 0 Å². The largest absolute Gasteiger partial charge is 0.481 e. The number of hydrogen-bond acceptors (Lipinski definition) is 27. The second-order valence-electron chi connectivity index (χ2n) is 40.2. The number of sulfone groups is 9. The predicted molar refractivity (Wildman–Crippen MR) is 536 cm³/mol. The molecule has 0 aliphatic heterocycles. The van der Waals surface area contributed by atoms with Gasteiger partial charge in [-0.05, 0) is 232 Å². The first-order chi connectivity index (χ1) is 60.0. The van der Waals surface area contributed by atoms with Crippen LogP contribution in [-0.2, 0) is 132 Å². The van der Waals surface area contributed by atoms with Crippen LogP contribution in [0.25, 0.3) is 0 Å². The molecule has 9 atom stereocenters. The molecule has 0 heterocycles. The van der Waals surface area contributed by atoms with E-state index < -0.39 is 200 Å². The quantitative estimate of drug-likeness (QED) is 0.0273. The summed E-state index contributed by atoms with van der Waals surface area (Å²) in [6.45, 7) is 62.1. The van der Waals surface area contributed by atoms with Crippen molar-refractivity contribution >= 4 is 142 Å². The van der Waals surface area contributed by atoms with Gasteiger partial charge in [-0.25, -0.2) is 75.8 Å². The number of carboxylic acids is 9. The Labute approximate surface area is 852 Å². The van der Waals surface area contributed by atoms with Crippen molar-refractivity contribution in [2.75, 3.05) is 40.3 Å². The third-order valence-corrected chi connectivity index (χ3v) is 44.4. The van der Waals surface area contributed by atoms with Gasteiger partial charge in [0, 0.05) is 97.7 Å². The second-order valence-corrected chi connectivity index (χ2v) is 63.9. The molecule has 0 saturated heterocycles. The molecule has 0 bridgehead atoms.